The molecule has 1 N–H and O–H groups in total. The predicted octanol–water partition coefficient (Wildman–Crippen LogP) is 3.26. The van der Waals surface area contributed by atoms with Crippen LogP contribution < -0.4 is 5.32 Å². The first kappa shape index (κ1) is 17.6. The fourth-order valence-corrected chi connectivity index (χ4v) is 3.56. The summed E-state index contributed by atoms with van der Waals surface area (Å²) in [7, 11) is 0. The highest BCUT2D eigenvalue weighted by atomic mass is 32.2. The maximum absolute atomic E-state index is 12.0. The normalized spacial score (nSPS) is 12.1. The third-order valence-electron chi connectivity index (χ3n) is 3.27. The summed E-state index contributed by atoms with van der Waals surface area (Å²) in [6.45, 7) is 3.87. The van der Waals surface area contributed by atoms with Gasteiger partial charge in [0.15, 0.2) is 0 Å². The summed E-state index contributed by atoms with van der Waals surface area (Å²) in [6, 6.07) is 3.52. The van der Waals surface area contributed by atoms with Crippen molar-refractivity contribution in [3.63, 3.8) is 0 Å². The topological polar surface area (TPSA) is 93.8 Å². The fourth-order valence-electron chi connectivity index (χ4n) is 2.06. The van der Waals surface area contributed by atoms with E-state index in [4.69, 9.17) is 4.42 Å². The van der Waals surface area contributed by atoms with Crippen LogP contribution >= 0.6 is 23.1 Å². The zero-order valence-corrected chi connectivity index (χ0v) is 15.4. The van der Waals surface area contributed by atoms with Crippen LogP contribution in [0.2, 0.25) is 0 Å². The number of thiazole rings is 1. The van der Waals surface area contributed by atoms with E-state index in [1.807, 2.05) is 19.2 Å². The second-order valence-corrected chi connectivity index (χ2v) is 7.26. The molecule has 0 radical (unpaired) electrons. The van der Waals surface area contributed by atoms with Gasteiger partial charge in [-0.25, -0.2) is 4.98 Å². The van der Waals surface area contributed by atoms with Gasteiger partial charge in [0.05, 0.1) is 6.04 Å². The molecule has 0 fully saturated rings. The summed E-state index contributed by atoms with van der Waals surface area (Å²) in [4.78, 5) is 20.4. The minimum absolute atomic E-state index is 0.0262. The fraction of sp³-hybridized carbons (Fsp3) is 0.312. The van der Waals surface area contributed by atoms with E-state index in [0.717, 1.165) is 16.3 Å². The summed E-state index contributed by atoms with van der Waals surface area (Å²) in [5, 5.41) is 14.3. The lowest BCUT2D eigenvalue weighted by molar-refractivity contribution is -0.121. The molecule has 0 aromatic carbocycles. The van der Waals surface area contributed by atoms with Crippen LogP contribution in [0.1, 0.15) is 30.1 Å². The van der Waals surface area contributed by atoms with E-state index >= 15 is 0 Å². The van der Waals surface area contributed by atoms with Gasteiger partial charge in [-0.15, -0.1) is 21.5 Å². The largest absolute Gasteiger partial charge is 0.411 e. The molecule has 3 rings (SSSR count). The first-order chi connectivity index (χ1) is 12.1. The highest BCUT2D eigenvalue weighted by Crippen LogP contribution is 2.23. The summed E-state index contributed by atoms with van der Waals surface area (Å²) < 4.78 is 5.58. The molecule has 0 aliphatic heterocycles. The molecule has 0 bridgehead atoms. The Balaban J connectivity index is 1.45. The van der Waals surface area contributed by atoms with Gasteiger partial charge < -0.3 is 9.73 Å². The Bertz CT molecular complexity index is 834. The molecule has 3 heterocycles. The molecule has 9 heteroatoms. The second-order valence-electron chi connectivity index (χ2n) is 5.32. The lowest BCUT2D eigenvalue weighted by Crippen LogP contribution is -2.26. The summed E-state index contributed by atoms with van der Waals surface area (Å²) in [6.07, 6.45) is 3.70. The minimum Gasteiger partial charge on any atom is -0.411 e. The Labute approximate surface area is 153 Å². The standard InChI is InChI=1S/C16H17N5O2S2/c1-10-9-25-15(18-10)11(2)19-13(22)5-8-24-16-21-20-14(23-16)12-3-6-17-7-4-12/h3-4,6-7,9,11H,5,8H2,1-2H3,(H,19,22)/t11-/m0/s1. The number of carbonyl (C=O) groups is 1. The van der Waals surface area contributed by atoms with Gasteiger partial charge in [-0.1, -0.05) is 11.8 Å². The van der Waals surface area contributed by atoms with E-state index in [2.05, 4.69) is 25.5 Å². The number of nitrogens with one attached hydrogen (secondary N) is 1. The average Bonchev–Trinajstić information content (AvgIpc) is 3.25. The SMILES string of the molecule is Cc1csc([C@H](C)NC(=O)CCSc2nnc(-c3ccncc3)o2)n1. The number of amides is 1. The van der Waals surface area contributed by atoms with Crippen molar-refractivity contribution in [2.24, 2.45) is 0 Å². The van der Waals surface area contributed by atoms with Crippen molar-refractivity contribution in [1.29, 1.82) is 0 Å². The van der Waals surface area contributed by atoms with Gasteiger partial charge in [0.2, 0.25) is 11.8 Å². The average molecular weight is 375 g/mol. The molecule has 3 aromatic heterocycles. The molecule has 0 saturated heterocycles. The Morgan fingerprint density at radius 3 is 2.88 bits per heavy atom. The van der Waals surface area contributed by atoms with Crippen molar-refractivity contribution >= 4 is 29.0 Å². The van der Waals surface area contributed by atoms with Crippen molar-refractivity contribution in [3.05, 3.63) is 40.6 Å². The lowest BCUT2D eigenvalue weighted by Gasteiger charge is -2.10. The first-order valence-corrected chi connectivity index (χ1v) is 9.56. The second kappa shape index (κ2) is 8.21. The number of aryl methyl sites for hydroxylation is 1. The van der Waals surface area contributed by atoms with Crippen LogP contribution in [0.4, 0.5) is 0 Å². The van der Waals surface area contributed by atoms with Gasteiger partial charge in [0.25, 0.3) is 5.22 Å². The first-order valence-electron chi connectivity index (χ1n) is 7.70. The number of nitrogens with zero attached hydrogens (tertiary/aromatic N) is 4. The number of thioether (sulfide) groups is 1. The number of pyridine rings is 1. The third kappa shape index (κ3) is 4.86. The van der Waals surface area contributed by atoms with Crippen LogP contribution in [0.25, 0.3) is 11.5 Å². The van der Waals surface area contributed by atoms with E-state index in [1.165, 1.54) is 11.8 Å². The van der Waals surface area contributed by atoms with Gasteiger partial charge in [-0.3, -0.25) is 9.78 Å². The molecular formula is C16H17N5O2S2. The molecule has 0 unspecified atom stereocenters. The summed E-state index contributed by atoms with van der Waals surface area (Å²) in [5.41, 5.74) is 1.79. The van der Waals surface area contributed by atoms with Crippen LogP contribution in [-0.4, -0.2) is 31.8 Å². The maximum atomic E-state index is 12.0. The molecule has 3 aromatic rings. The van der Waals surface area contributed by atoms with Crippen molar-refractivity contribution in [2.75, 3.05) is 5.75 Å². The van der Waals surface area contributed by atoms with Crippen LogP contribution in [-0.2, 0) is 4.79 Å². The molecule has 0 aliphatic rings. The van der Waals surface area contributed by atoms with Gasteiger partial charge in [0.1, 0.15) is 5.01 Å². The highest BCUT2D eigenvalue weighted by molar-refractivity contribution is 7.99. The highest BCUT2D eigenvalue weighted by Gasteiger charge is 2.14. The van der Waals surface area contributed by atoms with Crippen molar-refractivity contribution in [1.82, 2.24) is 25.5 Å². The van der Waals surface area contributed by atoms with Gasteiger partial charge >= 0.3 is 0 Å². The van der Waals surface area contributed by atoms with Gasteiger partial charge in [-0.05, 0) is 26.0 Å². The molecule has 130 valence electrons. The Hall–Kier alpha value is -2.26. The Morgan fingerprint density at radius 1 is 1.36 bits per heavy atom. The van der Waals surface area contributed by atoms with Crippen LogP contribution in [0.15, 0.2) is 39.5 Å². The van der Waals surface area contributed by atoms with E-state index in [0.29, 0.717) is 23.3 Å². The molecule has 0 spiro atoms. The zero-order valence-electron chi connectivity index (χ0n) is 13.8. The lowest BCUT2D eigenvalue weighted by atomic mass is 10.3. The molecular weight excluding hydrogens is 358 g/mol. The van der Waals surface area contributed by atoms with E-state index in [-0.39, 0.29) is 11.9 Å². The van der Waals surface area contributed by atoms with Crippen molar-refractivity contribution in [3.8, 4) is 11.5 Å². The minimum atomic E-state index is -0.0853. The van der Waals surface area contributed by atoms with E-state index < -0.39 is 0 Å². The maximum Gasteiger partial charge on any atom is 0.276 e. The number of aromatic nitrogens is 4. The summed E-state index contributed by atoms with van der Waals surface area (Å²) >= 11 is 2.91. The third-order valence-corrected chi connectivity index (χ3v) is 5.24. The summed E-state index contributed by atoms with van der Waals surface area (Å²) in [5.74, 6) is 0.983. The predicted molar refractivity (Wildman–Crippen MR) is 96.3 cm³/mol. The van der Waals surface area contributed by atoms with Crippen molar-refractivity contribution in [2.45, 2.75) is 31.5 Å². The van der Waals surface area contributed by atoms with Crippen LogP contribution in [0, 0.1) is 6.92 Å². The molecule has 1 atom stereocenters. The van der Waals surface area contributed by atoms with E-state index in [9.17, 15) is 4.79 Å². The molecule has 25 heavy (non-hydrogen) atoms. The number of hydrogen-bond donors (Lipinski definition) is 1. The molecule has 0 saturated carbocycles. The quantitative estimate of drug-likeness (QED) is 0.633. The van der Waals surface area contributed by atoms with Crippen LogP contribution in [0.5, 0.6) is 0 Å². The molecule has 1 amide bonds. The number of carbonyl (C=O) groups excluding carboxylic acids is 1. The Morgan fingerprint density at radius 2 is 2.16 bits per heavy atom. The molecule has 7 nitrogen and oxygen atoms in total. The monoisotopic (exact) mass is 375 g/mol. The zero-order chi connectivity index (χ0) is 17.6. The van der Waals surface area contributed by atoms with Crippen LogP contribution in [0.3, 0.4) is 0 Å². The molecule has 0 aliphatic carbocycles. The van der Waals surface area contributed by atoms with Gasteiger partial charge in [-0.2, -0.15) is 0 Å². The Kier molecular flexibility index (Phi) is 5.77. The number of rotatable bonds is 7. The number of hydrogen-bond acceptors (Lipinski definition) is 8. The van der Waals surface area contributed by atoms with Gasteiger partial charge in [0, 0.05) is 41.2 Å². The van der Waals surface area contributed by atoms with E-state index in [1.54, 1.807) is 35.9 Å². The smallest absolute Gasteiger partial charge is 0.276 e. The van der Waals surface area contributed by atoms with Crippen molar-refractivity contribution < 1.29 is 9.21 Å².